The van der Waals surface area contributed by atoms with Crippen molar-refractivity contribution >= 4 is 0 Å². The van der Waals surface area contributed by atoms with Gasteiger partial charge in [-0.05, 0) is 11.8 Å². The van der Waals surface area contributed by atoms with Crippen LogP contribution < -0.4 is 0 Å². The van der Waals surface area contributed by atoms with E-state index in [0.29, 0.717) is 6.42 Å². The van der Waals surface area contributed by atoms with Gasteiger partial charge in [0.15, 0.2) is 0 Å². The summed E-state index contributed by atoms with van der Waals surface area (Å²) < 4.78 is 23.8. The summed E-state index contributed by atoms with van der Waals surface area (Å²) in [5, 5.41) is 0. The first-order valence-corrected chi connectivity index (χ1v) is 3.16. The standard InChI is InChI=1S/C7H14F2/c1-7(2,3)4-6(9)5-8/h6H,4-5H2,1-3H3. The average molecular weight is 136 g/mol. The molecule has 0 saturated carbocycles. The van der Waals surface area contributed by atoms with Crippen LogP contribution in [0.25, 0.3) is 0 Å². The molecule has 0 fully saturated rings. The molecule has 0 heterocycles. The molecule has 0 spiro atoms. The summed E-state index contributed by atoms with van der Waals surface area (Å²) in [6, 6.07) is 0. The van der Waals surface area contributed by atoms with E-state index in [1.807, 2.05) is 20.8 Å². The minimum Gasteiger partial charge on any atom is -0.248 e. The summed E-state index contributed by atoms with van der Waals surface area (Å²) in [7, 11) is 0. The molecule has 0 amide bonds. The molecule has 2 heteroatoms. The molecular weight excluding hydrogens is 122 g/mol. The fraction of sp³-hybridized carbons (Fsp3) is 1.00. The highest BCUT2D eigenvalue weighted by Crippen LogP contribution is 2.22. The van der Waals surface area contributed by atoms with Gasteiger partial charge in [-0.3, -0.25) is 0 Å². The van der Waals surface area contributed by atoms with E-state index >= 15 is 0 Å². The zero-order chi connectivity index (χ0) is 7.49. The van der Waals surface area contributed by atoms with Gasteiger partial charge in [-0.15, -0.1) is 0 Å². The van der Waals surface area contributed by atoms with Crippen LogP contribution in [-0.2, 0) is 0 Å². The second-order valence-electron chi connectivity index (χ2n) is 3.52. The second kappa shape index (κ2) is 3.14. The molecule has 56 valence electrons. The lowest BCUT2D eigenvalue weighted by molar-refractivity contribution is 0.186. The van der Waals surface area contributed by atoms with Gasteiger partial charge >= 0.3 is 0 Å². The van der Waals surface area contributed by atoms with Crippen LogP contribution >= 0.6 is 0 Å². The molecule has 1 atom stereocenters. The van der Waals surface area contributed by atoms with Gasteiger partial charge in [0.1, 0.15) is 12.8 Å². The first kappa shape index (κ1) is 8.86. The summed E-state index contributed by atoms with van der Waals surface area (Å²) in [6.07, 6.45) is -0.964. The van der Waals surface area contributed by atoms with E-state index in [4.69, 9.17) is 0 Å². The minimum atomic E-state index is -1.27. The fourth-order valence-electron chi connectivity index (χ4n) is 0.719. The van der Waals surface area contributed by atoms with Crippen molar-refractivity contribution < 1.29 is 8.78 Å². The fourth-order valence-corrected chi connectivity index (χ4v) is 0.719. The van der Waals surface area contributed by atoms with E-state index < -0.39 is 12.8 Å². The van der Waals surface area contributed by atoms with Gasteiger partial charge in [0, 0.05) is 0 Å². The predicted octanol–water partition coefficient (Wildman–Crippen LogP) is 2.73. The molecule has 0 radical (unpaired) electrons. The Balaban J connectivity index is 3.47. The third kappa shape index (κ3) is 5.74. The monoisotopic (exact) mass is 136 g/mol. The summed E-state index contributed by atoms with van der Waals surface area (Å²) in [5.41, 5.74) is -0.0918. The molecule has 0 aliphatic rings. The number of alkyl halides is 2. The third-order valence-corrected chi connectivity index (χ3v) is 1.00. The Labute approximate surface area is 55.3 Å². The first-order valence-electron chi connectivity index (χ1n) is 3.16. The van der Waals surface area contributed by atoms with Crippen LogP contribution in [0.1, 0.15) is 27.2 Å². The topological polar surface area (TPSA) is 0 Å². The first-order chi connectivity index (χ1) is 3.95. The molecule has 1 unspecified atom stereocenters. The Kier molecular flexibility index (Phi) is 3.09. The number of rotatable bonds is 2. The predicted molar refractivity (Wildman–Crippen MR) is 34.9 cm³/mol. The normalized spacial score (nSPS) is 15.7. The molecule has 0 N–H and O–H groups in total. The van der Waals surface area contributed by atoms with E-state index in [9.17, 15) is 8.78 Å². The van der Waals surface area contributed by atoms with Gasteiger partial charge in [0.2, 0.25) is 0 Å². The van der Waals surface area contributed by atoms with Gasteiger partial charge < -0.3 is 0 Å². The molecule has 0 aromatic rings. The van der Waals surface area contributed by atoms with Crippen LogP contribution in [0.3, 0.4) is 0 Å². The summed E-state index contributed by atoms with van der Waals surface area (Å²) in [4.78, 5) is 0. The van der Waals surface area contributed by atoms with Crippen molar-refractivity contribution in [2.45, 2.75) is 33.4 Å². The Bertz CT molecular complexity index is 73.5. The van der Waals surface area contributed by atoms with Crippen molar-refractivity contribution in [1.29, 1.82) is 0 Å². The van der Waals surface area contributed by atoms with E-state index in [1.165, 1.54) is 0 Å². The maximum Gasteiger partial charge on any atom is 0.129 e. The van der Waals surface area contributed by atoms with Gasteiger partial charge in [0.25, 0.3) is 0 Å². The van der Waals surface area contributed by atoms with E-state index in [0.717, 1.165) is 0 Å². The zero-order valence-corrected chi connectivity index (χ0v) is 6.25. The van der Waals surface area contributed by atoms with Crippen molar-refractivity contribution in [3.63, 3.8) is 0 Å². The van der Waals surface area contributed by atoms with Gasteiger partial charge in [-0.2, -0.15) is 0 Å². The molecule has 0 aromatic heterocycles. The van der Waals surface area contributed by atoms with Crippen LogP contribution in [-0.4, -0.2) is 12.8 Å². The molecular formula is C7H14F2. The highest BCUT2D eigenvalue weighted by atomic mass is 19.2. The smallest absolute Gasteiger partial charge is 0.129 e. The SMILES string of the molecule is CC(C)(C)CC(F)CF. The lowest BCUT2D eigenvalue weighted by Gasteiger charge is -2.18. The Morgan fingerprint density at radius 2 is 1.78 bits per heavy atom. The zero-order valence-electron chi connectivity index (χ0n) is 6.25. The number of halogens is 2. The van der Waals surface area contributed by atoms with Gasteiger partial charge in [0.05, 0.1) is 0 Å². The van der Waals surface area contributed by atoms with Crippen LogP contribution in [0.4, 0.5) is 8.78 Å². The molecule has 0 rings (SSSR count). The summed E-state index contributed by atoms with van der Waals surface area (Å²) >= 11 is 0. The maximum atomic E-state index is 12.3. The lowest BCUT2D eigenvalue weighted by atomic mass is 9.90. The molecule has 0 nitrogen and oxygen atoms in total. The summed E-state index contributed by atoms with van der Waals surface area (Å²) in [5.74, 6) is 0. The van der Waals surface area contributed by atoms with Crippen molar-refractivity contribution in [3.8, 4) is 0 Å². The van der Waals surface area contributed by atoms with Crippen molar-refractivity contribution in [2.24, 2.45) is 5.41 Å². The maximum absolute atomic E-state index is 12.3. The van der Waals surface area contributed by atoms with E-state index in [-0.39, 0.29) is 5.41 Å². The Morgan fingerprint density at radius 3 is 1.89 bits per heavy atom. The van der Waals surface area contributed by atoms with E-state index in [2.05, 4.69) is 0 Å². The molecule has 0 saturated heterocycles. The molecule has 0 aromatic carbocycles. The second-order valence-corrected chi connectivity index (χ2v) is 3.52. The van der Waals surface area contributed by atoms with Crippen molar-refractivity contribution in [2.75, 3.05) is 6.67 Å². The van der Waals surface area contributed by atoms with Crippen LogP contribution in [0.15, 0.2) is 0 Å². The average Bonchev–Trinajstić information content (AvgIpc) is 1.62. The van der Waals surface area contributed by atoms with Crippen molar-refractivity contribution in [1.82, 2.24) is 0 Å². The third-order valence-electron chi connectivity index (χ3n) is 1.00. The quantitative estimate of drug-likeness (QED) is 0.547. The van der Waals surface area contributed by atoms with Crippen LogP contribution in [0.5, 0.6) is 0 Å². The highest BCUT2D eigenvalue weighted by Gasteiger charge is 2.17. The van der Waals surface area contributed by atoms with Crippen LogP contribution in [0, 0.1) is 5.41 Å². The Hall–Kier alpha value is -0.140. The summed E-state index contributed by atoms with van der Waals surface area (Å²) in [6.45, 7) is 4.84. The van der Waals surface area contributed by atoms with Crippen LogP contribution in [0.2, 0.25) is 0 Å². The molecule has 9 heavy (non-hydrogen) atoms. The number of hydrogen-bond donors (Lipinski definition) is 0. The lowest BCUT2D eigenvalue weighted by Crippen LogP contribution is -2.15. The van der Waals surface area contributed by atoms with Gasteiger partial charge in [-0.1, -0.05) is 20.8 Å². The molecule has 0 bridgehead atoms. The van der Waals surface area contributed by atoms with Crippen molar-refractivity contribution in [3.05, 3.63) is 0 Å². The number of hydrogen-bond acceptors (Lipinski definition) is 0. The van der Waals surface area contributed by atoms with Gasteiger partial charge in [-0.25, -0.2) is 8.78 Å². The Morgan fingerprint density at radius 1 is 1.33 bits per heavy atom. The molecule has 0 aliphatic carbocycles. The highest BCUT2D eigenvalue weighted by molar-refractivity contribution is 4.67. The van der Waals surface area contributed by atoms with E-state index in [1.54, 1.807) is 0 Å². The largest absolute Gasteiger partial charge is 0.248 e. The minimum absolute atomic E-state index is 0.0918. The molecule has 0 aliphatic heterocycles.